The van der Waals surface area contributed by atoms with E-state index in [-0.39, 0.29) is 0 Å². The van der Waals surface area contributed by atoms with Crippen LogP contribution in [0.3, 0.4) is 0 Å². The molecule has 2 heterocycles. The number of nitrogens with zero attached hydrogens (tertiary/aromatic N) is 1. The summed E-state index contributed by atoms with van der Waals surface area (Å²) in [7, 11) is 0. The number of ether oxygens (including phenoxy) is 2. The third-order valence-electron chi connectivity index (χ3n) is 3.24. The van der Waals surface area contributed by atoms with Crippen molar-refractivity contribution in [1.82, 2.24) is 9.97 Å². The summed E-state index contributed by atoms with van der Waals surface area (Å²) in [5.41, 5.74) is 7.50. The van der Waals surface area contributed by atoms with Crippen molar-refractivity contribution in [2.24, 2.45) is 5.73 Å². The lowest BCUT2D eigenvalue weighted by Gasteiger charge is -2.14. The number of benzene rings is 1. The minimum atomic E-state index is -0.483. The highest BCUT2D eigenvalue weighted by molar-refractivity contribution is 5.63. The van der Waals surface area contributed by atoms with E-state index in [4.69, 9.17) is 15.2 Å². The van der Waals surface area contributed by atoms with Crippen LogP contribution in [0.5, 0.6) is 11.5 Å². The Morgan fingerprint density at radius 3 is 2.65 bits per heavy atom. The summed E-state index contributed by atoms with van der Waals surface area (Å²) >= 11 is 0. The second kappa shape index (κ2) is 4.83. The molecule has 0 spiro atoms. The van der Waals surface area contributed by atoms with Crippen LogP contribution in [0, 0.1) is 0 Å². The highest BCUT2D eigenvalue weighted by Crippen LogP contribution is 2.34. The fourth-order valence-electron chi connectivity index (χ4n) is 2.13. The third-order valence-corrected chi connectivity index (χ3v) is 3.24. The molecule has 2 aromatic rings. The van der Waals surface area contributed by atoms with Crippen LogP contribution < -0.4 is 15.2 Å². The predicted octanol–water partition coefficient (Wildman–Crippen LogP) is 2.43. The van der Waals surface area contributed by atoms with E-state index in [9.17, 15) is 0 Å². The van der Waals surface area contributed by atoms with E-state index in [1.54, 1.807) is 6.20 Å². The molecule has 0 radical (unpaired) electrons. The summed E-state index contributed by atoms with van der Waals surface area (Å²) in [6.45, 7) is 5.22. The van der Waals surface area contributed by atoms with Crippen LogP contribution >= 0.6 is 0 Å². The zero-order chi connectivity index (χ0) is 14.2. The van der Waals surface area contributed by atoms with Gasteiger partial charge in [0.05, 0.1) is 30.6 Å². The zero-order valence-corrected chi connectivity index (χ0v) is 11.8. The summed E-state index contributed by atoms with van der Waals surface area (Å²) in [5.74, 6) is 2.34. The Morgan fingerprint density at radius 1 is 1.20 bits per heavy atom. The van der Waals surface area contributed by atoms with Gasteiger partial charge >= 0.3 is 0 Å². The highest BCUT2D eigenvalue weighted by Gasteiger charge is 2.19. The summed E-state index contributed by atoms with van der Waals surface area (Å²) < 4.78 is 11.3. The summed E-state index contributed by atoms with van der Waals surface area (Å²) in [5, 5.41) is 0. The lowest BCUT2D eigenvalue weighted by Crippen LogP contribution is -2.30. The Balaban J connectivity index is 1.94. The van der Waals surface area contributed by atoms with Crippen molar-refractivity contribution >= 4 is 0 Å². The standard InChI is InChI=1S/C15H19N3O2/c1-15(2,16)14-17-9-11(18-14)10-4-5-12-13(8-10)20-7-3-6-19-12/h4-5,8-9H,3,6-7,16H2,1-2H3,(H,17,18). The van der Waals surface area contributed by atoms with Gasteiger partial charge in [-0.05, 0) is 32.0 Å². The van der Waals surface area contributed by atoms with Crippen molar-refractivity contribution in [3.8, 4) is 22.8 Å². The number of nitrogens with one attached hydrogen (secondary N) is 1. The molecule has 3 N–H and O–H groups in total. The molecule has 0 atom stereocenters. The molecule has 0 bridgehead atoms. The molecule has 0 fully saturated rings. The molecule has 20 heavy (non-hydrogen) atoms. The van der Waals surface area contributed by atoms with Gasteiger partial charge < -0.3 is 20.2 Å². The average Bonchev–Trinajstić information content (AvgIpc) is 2.78. The van der Waals surface area contributed by atoms with Gasteiger partial charge in [0.15, 0.2) is 11.5 Å². The SMILES string of the molecule is CC(C)(N)c1ncc(-c2ccc3c(c2)OCCCO3)[nH]1. The van der Waals surface area contributed by atoms with Crippen molar-refractivity contribution in [2.45, 2.75) is 25.8 Å². The van der Waals surface area contributed by atoms with Gasteiger partial charge in [0.1, 0.15) is 5.82 Å². The van der Waals surface area contributed by atoms with Gasteiger partial charge in [-0.25, -0.2) is 4.98 Å². The molecule has 1 aromatic carbocycles. The van der Waals surface area contributed by atoms with E-state index in [1.165, 1.54) is 0 Å². The average molecular weight is 273 g/mol. The molecule has 1 aliphatic heterocycles. The maximum Gasteiger partial charge on any atom is 0.161 e. The Bertz CT molecular complexity index is 614. The molecule has 0 saturated carbocycles. The molecule has 106 valence electrons. The van der Waals surface area contributed by atoms with E-state index < -0.39 is 5.54 Å². The molecule has 1 aliphatic rings. The van der Waals surface area contributed by atoms with Gasteiger partial charge in [0, 0.05) is 12.0 Å². The number of aromatic nitrogens is 2. The maximum absolute atomic E-state index is 6.04. The first-order chi connectivity index (χ1) is 9.54. The van der Waals surface area contributed by atoms with Gasteiger partial charge in [-0.15, -0.1) is 0 Å². The monoisotopic (exact) mass is 273 g/mol. The van der Waals surface area contributed by atoms with Gasteiger partial charge in [-0.2, -0.15) is 0 Å². The number of rotatable bonds is 2. The van der Waals surface area contributed by atoms with E-state index >= 15 is 0 Å². The summed E-state index contributed by atoms with van der Waals surface area (Å²) in [4.78, 5) is 7.60. The minimum absolute atomic E-state index is 0.483. The molecule has 0 amide bonds. The lowest BCUT2D eigenvalue weighted by atomic mass is 10.1. The molecule has 0 saturated heterocycles. The fraction of sp³-hybridized carbons (Fsp3) is 0.400. The minimum Gasteiger partial charge on any atom is -0.490 e. The van der Waals surface area contributed by atoms with Crippen LogP contribution in [0.4, 0.5) is 0 Å². The second-order valence-corrected chi connectivity index (χ2v) is 5.58. The topological polar surface area (TPSA) is 73.2 Å². The Labute approximate surface area is 118 Å². The first-order valence-electron chi connectivity index (χ1n) is 6.78. The zero-order valence-electron chi connectivity index (χ0n) is 11.8. The number of hydrogen-bond donors (Lipinski definition) is 2. The summed E-state index contributed by atoms with van der Waals surface area (Å²) in [6.07, 6.45) is 2.70. The number of aromatic amines is 1. The van der Waals surface area contributed by atoms with E-state index in [0.29, 0.717) is 13.2 Å². The molecule has 3 rings (SSSR count). The van der Waals surface area contributed by atoms with E-state index in [0.717, 1.165) is 35.0 Å². The summed E-state index contributed by atoms with van der Waals surface area (Å²) in [6, 6.07) is 5.90. The van der Waals surface area contributed by atoms with Crippen molar-refractivity contribution in [3.63, 3.8) is 0 Å². The van der Waals surface area contributed by atoms with Crippen molar-refractivity contribution in [2.75, 3.05) is 13.2 Å². The number of imidazole rings is 1. The molecule has 1 aromatic heterocycles. The molecular weight excluding hydrogens is 254 g/mol. The van der Waals surface area contributed by atoms with E-state index in [2.05, 4.69) is 9.97 Å². The quantitative estimate of drug-likeness (QED) is 0.881. The normalized spacial score (nSPS) is 14.9. The Morgan fingerprint density at radius 2 is 1.95 bits per heavy atom. The second-order valence-electron chi connectivity index (χ2n) is 5.58. The number of H-pyrrole nitrogens is 1. The van der Waals surface area contributed by atoms with Crippen LogP contribution in [0.1, 0.15) is 26.1 Å². The molecule has 0 unspecified atom stereocenters. The van der Waals surface area contributed by atoms with Crippen molar-refractivity contribution in [1.29, 1.82) is 0 Å². The van der Waals surface area contributed by atoms with Crippen LogP contribution in [-0.2, 0) is 5.54 Å². The highest BCUT2D eigenvalue weighted by atomic mass is 16.5. The number of hydrogen-bond acceptors (Lipinski definition) is 4. The molecule has 5 heteroatoms. The lowest BCUT2D eigenvalue weighted by molar-refractivity contribution is 0.297. The van der Waals surface area contributed by atoms with Crippen LogP contribution in [0.25, 0.3) is 11.3 Å². The van der Waals surface area contributed by atoms with Gasteiger partial charge in [0.25, 0.3) is 0 Å². The van der Waals surface area contributed by atoms with Crippen molar-refractivity contribution < 1.29 is 9.47 Å². The Hall–Kier alpha value is -2.01. The van der Waals surface area contributed by atoms with E-state index in [1.807, 2.05) is 32.0 Å². The third kappa shape index (κ3) is 2.49. The fourth-order valence-corrected chi connectivity index (χ4v) is 2.13. The van der Waals surface area contributed by atoms with Crippen LogP contribution in [0.15, 0.2) is 24.4 Å². The first kappa shape index (κ1) is 13.0. The molecule has 5 nitrogen and oxygen atoms in total. The van der Waals surface area contributed by atoms with Gasteiger partial charge in [0.2, 0.25) is 0 Å². The van der Waals surface area contributed by atoms with Crippen molar-refractivity contribution in [3.05, 3.63) is 30.2 Å². The number of fused-ring (bicyclic) bond motifs is 1. The van der Waals surface area contributed by atoms with Crippen LogP contribution in [0.2, 0.25) is 0 Å². The predicted molar refractivity (Wildman–Crippen MR) is 76.8 cm³/mol. The van der Waals surface area contributed by atoms with Crippen LogP contribution in [-0.4, -0.2) is 23.2 Å². The smallest absolute Gasteiger partial charge is 0.161 e. The van der Waals surface area contributed by atoms with Gasteiger partial charge in [-0.1, -0.05) is 0 Å². The first-order valence-corrected chi connectivity index (χ1v) is 6.78. The van der Waals surface area contributed by atoms with Gasteiger partial charge in [-0.3, -0.25) is 0 Å². The largest absolute Gasteiger partial charge is 0.490 e. The maximum atomic E-state index is 6.04. The molecule has 0 aliphatic carbocycles. The Kier molecular flexibility index (Phi) is 3.14. The number of nitrogens with two attached hydrogens (primary N) is 1. The molecular formula is C15H19N3O2.